The molecule has 0 aliphatic rings. The van der Waals surface area contributed by atoms with Crippen LogP contribution >= 0.6 is 0 Å². The summed E-state index contributed by atoms with van der Waals surface area (Å²) in [6.45, 7) is 2.14. The number of nitro benzene ring substituents is 1. The van der Waals surface area contributed by atoms with Gasteiger partial charge in [-0.1, -0.05) is 18.1 Å². The monoisotopic (exact) mass is 356 g/mol. The Morgan fingerprint density at radius 2 is 2.00 bits per heavy atom. The number of nitrogens with zero attached hydrogens (tertiary/aromatic N) is 2. The molecule has 0 bridgehead atoms. The van der Waals surface area contributed by atoms with Crippen LogP contribution in [0.1, 0.15) is 22.8 Å². The summed E-state index contributed by atoms with van der Waals surface area (Å²) in [4.78, 5) is 24.7. The number of terminal acetylenes is 1. The van der Waals surface area contributed by atoms with Gasteiger partial charge in [0.2, 0.25) is 0 Å². The molecule has 0 fully saturated rings. The Hall–Kier alpha value is -3.40. The first-order valence-corrected chi connectivity index (χ1v) is 7.84. The van der Waals surface area contributed by atoms with Gasteiger partial charge >= 0.3 is 5.69 Å². The SMILES string of the molecule is C#CCN(Cc1ccc(F)cc1)C(=O)c1ccc(OCC)c([N+](=O)[O-])c1. The third-order valence-electron chi connectivity index (χ3n) is 3.56. The number of nitro groups is 1. The molecule has 0 radical (unpaired) electrons. The minimum atomic E-state index is -0.604. The molecule has 0 aliphatic heterocycles. The van der Waals surface area contributed by atoms with Gasteiger partial charge in [-0.3, -0.25) is 14.9 Å². The molecule has 134 valence electrons. The summed E-state index contributed by atoms with van der Waals surface area (Å²) < 4.78 is 18.2. The van der Waals surface area contributed by atoms with E-state index in [2.05, 4.69) is 5.92 Å². The summed E-state index contributed by atoms with van der Waals surface area (Å²) in [5, 5.41) is 11.2. The fraction of sp³-hybridized carbons (Fsp3) is 0.211. The standard InChI is InChI=1S/C19H17FN2O4/c1-3-11-21(13-14-5-8-16(20)9-6-14)19(23)15-7-10-18(26-4-2)17(12-15)22(24)25/h1,5-10,12H,4,11,13H2,2H3. The number of benzene rings is 2. The number of carbonyl (C=O) groups is 1. The maximum Gasteiger partial charge on any atom is 0.311 e. The normalized spacial score (nSPS) is 10.0. The van der Waals surface area contributed by atoms with E-state index in [1.807, 2.05) is 0 Å². The van der Waals surface area contributed by atoms with E-state index < -0.39 is 10.8 Å². The summed E-state index contributed by atoms with van der Waals surface area (Å²) in [5.74, 6) is 1.64. The van der Waals surface area contributed by atoms with Crippen molar-refractivity contribution in [2.24, 2.45) is 0 Å². The molecule has 2 rings (SSSR count). The Kier molecular flexibility index (Phi) is 6.28. The highest BCUT2D eigenvalue weighted by molar-refractivity contribution is 5.95. The molecular formula is C19H17FN2O4. The highest BCUT2D eigenvalue weighted by atomic mass is 19.1. The molecule has 0 unspecified atom stereocenters. The molecule has 0 heterocycles. The van der Waals surface area contributed by atoms with Crippen molar-refractivity contribution in [2.75, 3.05) is 13.2 Å². The predicted octanol–water partition coefficient (Wildman–Crippen LogP) is 3.41. The van der Waals surface area contributed by atoms with E-state index in [9.17, 15) is 19.3 Å². The van der Waals surface area contributed by atoms with Crippen LogP contribution in [0.2, 0.25) is 0 Å². The zero-order chi connectivity index (χ0) is 19.1. The second-order valence-corrected chi connectivity index (χ2v) is 5.36. The fourth-order valence-electron chi connectivity index (χ4n) is 2.37. The van der Waals surface area contributed by atoms with Crippen molar-refractivity contribution in [1.82, 2.24) is 4.90 Å². The minimum absolute atomic E-state index is 0.0111. The third kappa shape index (κ3) is 4.57. The molecule has 1 amide bonds. The molecule has 7 heteroatoms. The van der Waals surface area contributed by atoms with Gasteiger partial charge in [-0.25, -0.2) is 4.39 Å². The maximum atomic E-state index is 13.0. The van der Waals surface area contributed by atoms with E-state index in [0.29, 0.717) is 5.56 Å². The Morgan fingerprint density at radius 1 is 1.31 bits per heavy atom. The van der Waals surface area contributed by atoms with Crippen molar-refractivity contribution >= 4 is 11.6 Å². The van der Waals surface area contributed by atoms with Crippen LogP contribution in [0.25, 0.3) is 0 Å². The maximum absolute atomic E-state index is 13.0. The van der Waals surface area contributed by atoms with Gasteiger partial charge in [-0.2, -0.15) is 0 Å². The van der Waals surface area contributed by atoms with Gasteiger partial charge in [-0.15, -0.1) is 6.42 Å². The second-order valence-electron chi connectivity index (χ2n) is 5.36. The molecule has 2 aromatic carbocycles. The van der Waals surface area contributed by atoms with Crippen molar-refractivity contribution in [3.63, 3.8) is 0 Å². The Morgan fingerprint density at radius 3 is 2.58 bits per heavy atom. The van der Waals surface area contributed by atoms with E-state index in [1.165, 1.54) is 35.2 Å². The third-order valence-corrected chi connectivity index (χ3v) is 3.56. The number of amides is 1. The van der Waals surface area contributed by atoms with Crippen LogP contribution in [0.5, 0.6) is 5.75 Å². The van der Waals surface area contributed by atoms with Crippen molar-refractivity contribution in [2.45, 2.75) is 13.5 Å². The number of ether oxygens (including phenoxy) is 1. The summed E-state index contributed by atoms with van der Waals surface area (Å²) in [6, 6.07) is 9.68. The molecule has 0 saturated heterocycles. The summed E-state index contributed by atoms with van der Waals surface area (Å²) in [5.41, 5.74) is 0.521. The van der Waals surface area contributed by atoms with Gasteiger partial charge in [-0.05, 0) is 36.8 Å². The highest BCUT2D eigenvalue weighted by Crippen LogP contribution is 2.28. The first-order chi connectivity index (χ1) is 12.5. The van der Waals surface area contributed by atoms with Gasteiger partial charge in [0.1, 0.15) is 5.82 Å². The van der Waals surface area contributed by atoms with Crippen LogP contribution in [0, 0.1) is 28.3 Å². The molecule has 6 nitrogen and oxygen atoms in total. The quantitative estimate of drug-likeness (QED) is 0.433. The lowest BCUT2D eigenvalue weighted by Crippen LogP contribution is -2.31. The van der Waals surface area contributed by atoms with E-state index >= 15 is 0 Å². The van der Waals surface area contributed by atoms with Crippen LogP contribution in [0.3, 0.4) is 0 Å². The average molecular weight is 356 g/mol. The van der Waals surface area contributed by atoms with Crippen molar-refractivity contribution in [3.8, 4) is 18.1 Å². The highest BCUT2D eigenvalue weighted by Gasteiger charge is 2.22. The Labute approximate surface area is 150 Å². The smallest absolute Gasteiger partial charge is 0.311 e. The number of hydrogen-bond acceptors (Lipinski definition) is 4. The molecule has 26 heavy (non-hydrogen) atoms. The van der Waals surface area contributed by atoms with Crippen LogP contribution in [-0.4, -0.2) is 28.9 Å². The zero-order valence-corrected chi connectivity index (χ0v) is 14.1. The van der Waals surface area contributed by atoms with E-state index in [-0.39, 0.29) is 42.5 Å². The van der Waals surface area contributed by atoms with Crippen LogP contribution in [-0.2, 0) is 6.54 Å². The van der Waals surface area contributed by atoms with Crippen molar-refractivity contribution in [3.05, 3.63) is 69.5 Å². The molecule has 0 aromatic heterocycles. The number of hydrogen-bond donors (Lipinski definition) is 0. The van der Waals surface area contributed by atoms with E-state index in [1.54, 1.807) is 19.1 Å². The van der Waals surface area contributed by atoms with Gasteiger partial charge in [0.15, 0.2) is 5.75 Å². The molecular weight excluding hydrogens is 339 g/mol. The van der Waals surface area contributed by atoms with Crippen molar-refractivity contribution in [1.29, 1.82) is 0 Å². The fourth-order valence-corrected chi connectivity index (χ4v) is 2.37. The Bertz CT molecular complexity index is 844. The topological polar surface area (TPSA) is 72.7 Å². The lowest BCUT2D eigenvalue weighted by atomic mass is 10.1. The molecule has 0 aliphatic carbocycles. The van der Waals surface area contributed by atoms with Gasteiger partial charge < -0.3 is 9.64 Å². The predicted molar refractivity (Wildman–Crippen MR) is 94.2 cm³/mol. The van der Waals surface area contributed by atoms with Crippen molar-refractivity contribution < 1.29 is 18.8 Å². The Balaban J connectivity index is 2.30. The lowest BCUT2D eigenvalue weighted by molar-refractivity contribution is -0.385. The summed E-state index contributed by atoms with van der Waals surface area (Å²) in [6.07, 6.45) is 5.33. The van der Waals surface area contributed by atoms with E-state index in [0.717, 1.165) is 0 Å². The van der Waals surface area contributed by atoms with Crippen LogP contribution in [0.15, 0.2) is 42.5 Å². The molecule has 0 atom stereocenters. The number of carbonyl (C=O) groups excluding carboxylic acids is 1. The first kappa shape index (κ1) is 18.9. The second kappa shape index (κ2) is 8.62. The zero-order valence-electron chi connectivity index (χ0n) is 14.1. The minimum Gasteiger partial charge on any atom is -0.487 e. The first-order valence-electron chi connectivity index (χ1n) is 7.84. The molecule has 0 spiro atoms. The molecule has 0 N–H and O–H groups in total. The molecule has 2 aromatic rings. The molecule has 0 saturated carbocycles. The van der Waals surface area contributed by atoms with Gasteiger partial charge in [0, 0.05) is 18.2 Å². The van der Waals surface area contributed by atoms with Gasteiger partial charge in [0.25, 0.3) is 5.91 Å². The number of rotatable bonds is 7. The largest absolute Gasteiger partial charge is 0.487 e. The van der Waals surface area contributed by atoms with Gasteiger partial charge in [0.05, 0.1) is 18.1 Å². The summed E-state index contributed by atoms with van der Waals surface area (Å²) in [7, 11) is 0. The van der Waals surface area contributed by atoms with Crippen LogP contribution in [0.4, 0.5) is 10.1 Å². The summed E-state index contributed by atoms with van der Waals surface area (Å²) >= 11 is 0. The van der Waals surface area contributed by atoms with Crippen LogP contribution < -0.4 is 4.74 Å². The average Bonchev–Trinajstić information content (AvgIpc) is 2.63. The lowest BCUT2D eigenvalue weighted by Gasteiger charge is -2.20. The van der Waals surface area contributed by atoms with E-state index in [4.69, 9.17) is 11.2 Å². The number of halogens is 1.